The third kappa shape index (κ3) is 6.72. The van der Waals surface area contributed by atoms with Crippen molar-refractivity contribution < 1.29 is 8.42 Å². The van der Waals surface area contributed by atoms with Crippen LogP contribution in [0.15, 0.2) is 0 Å². The molecule has 112 valence electrons. The molecule has 4 nitrogen and oxygen atoms in total. The number of unbranched alkanes of at least 4 members (excludes halogenated alkanes) is 1. The monoisotopic (exact) mass is 288 g/mol. The maximum Gasteiger partial charge on any atom is 0.211 e. The summed E-state index contributed by atoms with van der Waals surface area (Å²) in [6.07, 6.45) is 10.5. The van der Waals surface area contributed by atoms with Crippen molar-refractivity contribution in [3.05, 3.63) is 0 Å². The molecule has 2 aliphatic carbocycles. The fourth-order valence-corrected chi connectivity index (χ4v) is 3.96. The van der Waals surface area contributed by atoms with Gasteiger partial charge in [0.2, 0.25) is 10.0 Å². The van der Waals surface area contributed by atoms with Gasteiger partial charge in [-0.05, 0) is 44.6 Å². The predicted molar refractivity (Wildman–Crippen MR) is 78.6 cm³/mol. The quantitative estimate of drug-likeness (QED) is 0.605. The number of hydrogen-bond donors (Lipinski definition) is 2. The van der Waals surface area contributed by atoms with E-state index in [1.54, 1.807) is 0 Å². The van der Waals surface area contributed by atoms with Crippen molar-refractivity contribution in [3.63, 3.8) is 0 Å². The Bertz CT molecular complexity index is 346. The molecule has 0 atom stereocenters. The Kier molecular flexibility index (Phi) is 6.10. The van der Waals surface area contributed by atoms with Crippen LogP contribution in [0.2, 0.25) is 0 Å². The van der Waals surface area contributed by atoms with Crippen molar-refractivity contribution in [2.75, 3.05) is 18.8 Å². The second-order valence-electron chi connectivity index (χ2n) is 6.09. The van der Waals surface area contributed by atoms with Gasteiger partial charge in [0.25, 0.3) is 0 Å². The molecule has 2 N–H and O–H groups in total. The number of rotatable bonds is 10. The highest BCUT2D eigenvalue weighted by Crippen LogP contribution is 2.26. The molecule has 0 amide bonds. The third-order valence-corrected chi connectivity index (χ3v) is 5.67. The van der Waals surface area contributed by atoms with Gasteiger partial charge in [0, 0.05) is 12.6 Å². The van der Waals surface area contributed by atoms with Crippen LogP contribution < -0.4 is 10.0 Å². The van der Waals surface area contributed by atoms with Gasteiger partial charge in [-0.2, -0.15) is 0 Å². The first kappa shape index (κ1) is 15.3. The summed E-state index contributed by atoms with van der Waals surface area (Å²) in [6, 6.07) is 0.723. The summed E-state index contributed by atoms with van der Waals surface area (Å²) in [7, 11) is -3.04. The summed E-state index contributed by atoms with van der Waals surface area (Å²) in [5.41, 5.74) is 0. The van der Waals surface area contributed by atoms with Crippen molar-refractivity contribution in [2.45, 2.75) is 63.8 Å². The second kappa shape index (κ2) is 7.60. The minimum atomic E-state index is -3.04. The molecule has 0 bridgehead atoms. The molecule has 2 fully saturated rings. The molecular weight excluding hydrogens is 260 g/mol. The van der Waals surface area contributed by atoms with E-state index in [1.165, 1.54) is 38.5 Å². The van der Waals surface area contributed by atoms with E-state index in [0.29, 0.717) is 6.54 Å². The van der Waals surface area contributed by atoms with Crippen LogP contribution in [0.3, 0.4) is 0 Å². The Labute approximate surface area is 117 Å². The standard InChI is InChI=1S/C14H28N2O2S/c17-19(18,12-4-3-10-15-14-7-8-14)16-11-9-13-5-1-2-6-13/h13-16H,1-12H2. The van der Waals surface area contributed by atoms with Crippen LogP contribution in [-0.2, 0) is 10.0 Å². The summed E-state index contributed by atoms with van der Waals surface area (Å²) in [5, 5.41) is 3.41. The summed E-state index contributed by atoms with van der Waals surface area (Å²) in [4.78, 5) is 0. The molecule has 0 aromatic heterocycles. The lowest BCUT2D eigenvalue weighted by atomic mass is 10.1. The molecule has 2 saturated carbocycles. The van der Waals surface area contributed by atoms with Gasteiger partial charge >= 0.3 is 0 Å². The normalized spacial score (nSPS) is 21.1. The molecule has 0 spiro atoms. The molecule has 0 unspecified atom stereocenters. The van der Waals surface area contributed by atoms with Gasteiger partial charge in [0.15, 0.2) is 0 Å². The molecule has 2 aliphatic rings. The van der Waals surface area contributed by atoms with Gasteiger partial charge < -0.3 is 5.32 Å². The first-order valence-electron chi connectivity index (χ1n) is 7.86. The molecule has 19 heavy (non-hydrogen) atoms. The fraction of sp³-hybridized carbons (Fsp3) is 1.00. The predicted octanol–water partition coefficient (Wildman–Crippen LogP) is 2.02. The summed E-state index contributed by atoms with van der Waals surface area (Å²) in [5.74, 6) is 1.04. The molecule has 0 aromatic carbocycles. The Morgan fingerprint density at radius 2 is 1.68 bits per heavy atom. The fourth-order valence-electron chi connectivity index (χ4n) is 2.80. The molecule has 0 radical (unpaired) electrons. The Hall–Kier alpha value is -0.130. The zero-order valence-electron chi connectivity index (χ0n) is 11.9. The topological polar surface area (TPSA) is 58.2 Å². The van der Waals surface area contributed by atoms with Crippen LogP contribution in [0.1, 0.15) is 57.8 Å². The lowest BCUT2D eigenvalue weighted by Crippen LogP contribution is -2.28. The van der Waals surface area contributed by atoms with Crippen molar-refractivity contribution in [1.82, 2.24) is 10.0 Å². The Balaban J connectivity index is 1.48. The van der Waals surface area contributed by atoms with Gasteiger partial charge in [0.05, 0.1) is 5.75 Å². The Morgan fingerprint density at radius 3 is 2.37 bits per heavy atom. The van der Waals surface area contributed by atoms with Gasteiger partial charge in [-0.3, -0.25) is 0 Å². The first-order chi connectivity index (χ1) is 9.16. The molecule has 2 rings (SSSR count). The van der Waals surface area contributed by atoms with E-state index in [0.717, 1.165) is 37.8 Å². The smallest absolute Gasteiger partial charge is 0.211 e. The Morgan fingerprint density at radius 1 is 0.947 bits per heavy atom. The summed E-state index contributed by atoms with van der Waals surface area (Å²) < 4.78 is 26.3. The molecule has 0 saturated heterocycles. The average molecular weight is 288 g/mol. The van der Waals surface area contributed by atoms with Crippen LogP contribution in [0.25, 0.3) is 0 Å². The first-order valence-corrected chi connectivity index (χ1v) is 9.52. The van der Waals surface area contributed by atoms with Crippen molar-refractivity contribution in [3.8, 4) is 0 Å². The zero-order valence-corrected chi connectivity index (χ0v) is 12.7. The van der Waals surface area contributed by atoms with Crippen LogP contribution in [0.5, 0.6) is 0 Å². The van der Waals surface area contributed by atoms with E-state index in [-0.39, 0.29) is 5.75 Å². The summed E-state index contributed by atoms with van der Waals surface area (Å²) in [6.45, 7) is 1.59. The third-order valence-electron chi connectivity index (χ3n) is 4.20. The van der Waals surface area contributed by atoms with E-state index in [9.17, 15) is 8.42 Å². The van der Waals surface area contributed by atoms with E-state index in [1.807, 2.05) is 0 Å². The number of nitrogens with one attached hydrogen (secondary N) is 2. The zero-order chi connectivity index (χ0) is 13.6. The van der Waals surface area contributed by atoms with E-state index < -0.39 is 10.0 Å². The average Bonchev–Trinajstić information content (AvgIpc) is 3.04. The van der Waals surface area contributed by atoms with Gasteiger partial charge in [0.1, 0.15) is 0 Å². The van der Waals surface area contributed by atoms with Crippen molar-refractivity contribution in [2.24, 2.45) is 5.92 Å². The molecule has 0 heterocycles. The van der Waals surface area contributed by atoms with Gasteiger partial charge in [-0.15, -0.1) is 0 Å². The lowest BCUT2D eigenvalue weighted by molar-refractivity contribution is 0.495. The van der Waals surface area contributed by atoms with Gasteiger partial charge in [-0.25, -0.2) is 13.1 Å². The van der Waals surface area contributed by atoms with Crippen LogP contribution in [-0.4, -0.2) is 33.3 Å². The molecule has 0 aliphatic heterocycles. The molecular formula is C14H28N2O2S. The maximum absolute atomic E-state index is 11.8. The minimum Gasteiger partial charge on any atom is -0.314 e. The second-order valence-corrected chi connectivity index (χ2v) is 8.01. The van der Waals surface area contributed by atoms with Crippen molar-refractivity contribution >= 4 is 10.0 Å². The number of sulfonamides is 1. The maximum atomic E-state index is 11.8. The van der Waals surface area contributed by atoms with E-state index in [4.69, 9.17) is 0 Å². The largest absolute Gasteiger partial charge is 0.314 e. The van der Waals surface area contributed by atoms with Crippen LogP contribution in [0.4, 0.5) is 0 Å². The van der Waals surface area contributed by atoms with E-state index >= 15 is 0 Å². The van der Waals surface area contributed by atoms with Gasteiger partial charge in [-0.1, -0.05) is 25.7 Å². The number of hydrogen-bond acceptors (Lipinski definition) is 3. The lowest BCUT2D eigenvalue weighted by Gasteiger charge is -2.10. The molecule has 0 aromatic rings. The summed E-state index contributed by atoms with van der Waals surface area (Å²) >= 11 is 0. The van der Waals surface area contributed by atoms with E-state index in [2.05, 4.69) is 10.0 Å². The highest BCUT2D eigenvalue weighted by atomic mass is 32.2. The van der Waals surface area contributed by atoms with Crippen LogP contribution in [0, 0.1) is 5.92 Å². The van der Waals surface area contributed by atoms with Crippen LogP contribution >= 0.6 is 0 Å². The SMILES string of the molecule is O=S(=O)(CCCCNC1CC1)NCCC1CCCC1. The highest BCUT2D eigenvalue weighted by Gasteiger charge is 2.20. The van der Waals surface area contributed by atoms with Crippen molar-refractivity contribution in [1.29, 1.82) is 0 Å². The minimum absolute atomic E-state index is 0.282. The molecule has 5 heteroatoms. The highest BCUT2D eigenvalue weighted by molar-refractivity contribution is 7.89.